The van der Waals surface area contributed by atoms with Crippen molar-refractivity contribution in [1.29, 1.82) is 0 Å². The van der Waals surface area contributed by atoms with Crippen LogP contribution in [0.25, 0.3) is 31.9 Å². The van der Waals surface area contributed by atoms with E-state index in [0.717, 1.165) is 76.6 Å². The number of rotatable bonds is 18. The van der Waals surface area contributed by atoms with Gasteiger partial charge in [-0.1, -0.05) is 12.1 Å². The van der Waals surface area contributed by atoms with Gasteiger partial charge in [-0.15, -0.1) is 20.5 Å². The zero-order chi connectivity index (χ0) is 40.5. The first-order chi connectivity index (χ1) is 24.4. The summed E-state index contributed by atoms with van der Waals surface area (Å²) in [5.74, 6) is 0. The summed E-state index contributed by atoms with van der Waals surface area (Å²) in [5, 5.41) is 6.85. The van der Waals surface area contributed by atoms with Crippen molar-refractivity contribution in [2.75, 3.05) is 80.5 Å². The van der Waals surface area contributed by atoms with Crippen LogP contribution in [0, 0.1) is 20.5 Å². The van der Waals surface area contributed by atoms with Crippen LogP contribution in [-0.2, 0) is 33.0 Å². The molecule has 2 aromatic heterocycles. The third-order valence-electron chi connectivity index (χ3n) is 5.02. The summed E-state index contributed by atoms with van der Waals surface area (Å²) in [6, 6.07) is 11.7. The molecule has 0 bridgehead atoms. The average Bonchev–Trinajstić information content (AvgIpc) is 3.03. The summed E-state index contributed by atoms with van der Waals surface area (Å²) in [4.78, 5) is 24.5. The molecule has 0 saturated carbocycles. The first kappa shape index (κ1) is 63.3. The van der Waals surface area contributed by atoms with Gasteiger partial charge in [0.2, 0.25) is 0 Å². The normalized spacial score (nSPS) is 10.2. The topological polar surface area (TPSA) is 383 Å². The van der Waals surface area contributed by atoms with Crippen LogP contribution in [0.1, 0.15) is 37.1 Å². The third kappa shape index (κ3) is 82.7. The molecule has 0 fully saturated rings. The van der Waals surface area contributed by atoms with Gasteiger partial charge in [0.05, 0.1) is 11.4 Å². The minimum Gasteiger partial charge on any atom is -0.373 e. The number of nitrogens with zero attached hydrogens (tertiary/aromatic N) is 12. The number of aliphatic imine (C=N–C) groups is 2. The van der Waals surface area contributed by atoms with E-state index in [4.69, 9.17) is 59.4 Å². The molecule has 0 atom stereocenters. The zero-order valence-corrected chi connectivity index (χ0v) is 33.8. The SMILES string of the molecule is CN(C)CCCNCCCN=Cc1ccccn1.CN(C)CCCNCCCN=Cc1ccccn1.[N-]=[N+]=[N-].[N-]=[N+]=[N-].[Ni+2].[Ni+2].[O-][Cl+3]([O-])([O-])[O-].[O-][Cl+3]([O-])([O-])[O-]. The van der Waals surface area contributed by atoms with Gasteiger partial charge in [-0.3, -0.25) is 29.8 Å². The van der Waals surface area contributed by atoms with E-state index in [1.807, 2.05) is 48.8 Å². The molecule has 0 aromatic carbocycles. The van der Waals surface area contributed by atoms with Crippen LogP contribution in [0.5, 0.6) is 0 Å². The molecule has 26 heteroatoms. The van der Waals surface area contributed by atoms with Crippen molar-refractivity contribution in [3.05, 3.63) is 92.1 Å². The summed E-state index contributed by atoms with van der Waals surface area (Å²) in [5.41, 5.74) is 28.9. The van der Waals surface area contributed by atoms with E-state index in [1.54, 1.807) is 12.4 Å². The van der Waals surface area contributed by atoms with Crippen LogP contribution in [0.2, 0.25) is 0 Å². The standard InChI is InChI=1S/2C14H24N4.2ClHO4.2N3.2Ni/c2*1-18(2)12-6-10-15-8-5-9-16-13-14-7-3-4-11-17-14;2*2-1(3,4)5;2*1-3-2;;/h2*3-4,7,11,13,15H,5-6,8-10,12H2,1-2H3;2*(H,2,3,4,5);;;;/q;;;;2*-1;2*+2/p-2. The Hall–Kier alpha value is -2.65. The fourth-order valence-electron chi connectivity index (χ4n) is 3.10. The van der Waals surface area contributed by atoms with E-state index in [1.165, 1.54) is 22.7 Å². The van der Waals surface area contributed by atoms with E-state index in [9.17, 15) is 0 Å². The summed E-state index contributed by atoms with van der Waals surface area (Å²) >= 11 is 0. The number of nitrogens with one attached hydrogen (secondary N) is 2. The summed E-state index contributed by atoms with van der Waals surface area (Å²) < 4.78 is 67.9. The van der Waals surface area contributed by atoms with Gasteiger partial charge in [0.15, 0.2) is 0 Å². The molecule has 0 unspecified atom stereocenters. The quantitative estimate of drug-likeness (QED) is 0.0354. The molecule has 0 aliphatic carbocycles. The number of hydrogen-bond acceptors (Lipinski definition) is 16. The smallest absolute Gasteiger partial charge is 0.373 e. The van der Waals surface area contributed by atoms with Gasteiger partial charge >= 0.3 is 33.0 Å². The first-order valence-corrected chi connectivity index (χ1v) is 17.6. The number of hydrogen-bond donors (Lipinski definition) is 2. The Bertz CT molecular complexity index is 1080. The number of pyridine rings is 2. The molecule has 0 spiro atoms. The summed E-state index contributed by atoms with van der Waals surface area (Å²) in [6.07, 6.45) is 11.8. The maximum atomic E-state index is 8.49. The third-order valence-corrected chi connectivity index (χ3v) is 5.02. The van der Waals surface area contributed by atoms with Crippen LogP contribution in [-0.4, -0.2) is 113 Å². The molecule has 0 aliphatic rings. The molecule has 312 valence electrons. The molecule has 0 saturated heterocycles. The molecule has 0 amide bonds. The van der Waals surface area contributed by atoms with Gasteiger partial charge in [0.1, 0.15) is 0 Å². The van der Waals surface area contributed by atoms with Crippen LogP contribution in [0.3, 0.4) is 0 Å². The molecular weight excluding hydrogens is 849 g/mol. The number of aromatic nitrogens is 2. The Kier molecular flexibility index (Phi) is 54.5. The van der Waals surface area contributed by atoms with Crippen molar-refractivity contribution in [2.45, 2.75) is 25.7 Å². The van der Waals surface area contributed by atoms with Crippen molar-refractivity contribution in [2.24, 2.45) is 9.98 Å². The zero-order valence-electron chi connectivity index (χ0n) is 30.3. The van der Waals surface area contributed by atoms with Crippen LogP contribution >= 0.6 is 0 Å². The van der Waals surface area contributed by atoms with Crippen molar-refractivity contribution < 1.29 is 90.7 Å². The van der Waals surface area contributed by atoms with Crippen molar-refractivity contribution >= 4 is 12.4 Å². The van der Waals surface area contributed by atoms with Crippen molar-refractivity contribution in [3.63, 3.8) is 0 Å². The van der Waals surface area contributed by atoms with Crippen molar-refractivity contribution in [1.82, 2.24) is 30.4 Å². The maximum absolute atomic E-state index is 8.49. The molecule has 54 heavy (non-hydrogen) atoms. The molecule has 0 aliphatic heterocycles. The molecule has 2 rings (SSSR count). The van der Waals surface area contributed by atoms with Gasteiger partial charge in [0, 0.05) is 37.9 Å². The van der Waals surface area contributed by atoms with Crippen molar-refractivity contribution in [3.8, 4) is 0 Å². The second-order valence-corrected chi connectivity index (χ2v) is 11.5. The largest absolute Gasteiger partial charge is 2.00 e. The van der Waals surface area contributed by atoms with E-state index in [2.05, 4.69) is 68.6 Å². The Morgan fingerprint density at radius 1 is 0.593 bits per heavy atom. The predicted octanol–water partition coefficient (Wildman–Crippen LogP) is -4.92. The van der Waals surface area contributed by atoms with Crippen LogP contribution in [0.4, 0.5) is 0 Å². The van der Waals surface area contributed by atoms with E-state index < -0.39 is 20.5 Å². The Labute approximate surface area is 340 Å². The first-order valence-electron chi connectivity index (χ1n) is 15.1. The van der Waals surface area contributed by atoms with E-state index in [0.29, 0.717) is 0 Å². The predicted molar refractivity (Wildman–Crippen MR) is 175 cm³/mol. The minimum atomic E-state index is -4.94. The minimum absolute atomic E-state index is 0. The van der Waals surface area contributed by atoms with Gasteiger partial charge in [-0.25, -0.2) is 37.3 Å². The fourth-order valence-corrected chi connectivity index (χ4v) is 3.10. The molecule has 0 radical (unpaired) electrons. The van der Waals surface area contributed by atoms with Gasteiger partial charge in [-0.05, 0) is 117 Å². The molecule has 22 nitrogen and oxygen atoms in total. The second-order valence-electron chi connectivity index (χ2n) is 10.0. The number of halogens is 2. The fraction of sp³-hybridized carbons (Fsp3) is 0.571. The van der Waals surface area contributed by atoms with Gasteiger partial charge in [-0.2, -0.15) is 0 Å². The molecule has 2 aromatic rings. The van der Waals surface area contributed by atoms with E-state index >= 15 is 0 Å². The molecule has 2 heterocycles. The average molecular weight is 897 g/mol. The molecule has 2 N–H and O–H groups in total. The van der Waals surface area contributed by atoms with Gasteiger partial charge in [0.25, 0.3) is 0 Å². The summed E-state index contributed by atoms with van der Waals surface area (Å²) in [7, 11) is -1.47. The summed E-state index contributed by atoms with van der Waals surface area (Å²) in [6.45, 7) is 8.24. The van der Waals surface area contributed by atoms with Crippen LogP contribution < -0.4 is 47.9 Å². The molecular formula is C28H48Cl2N14Ni2O8. The maximum Gasteiger partial charge on any atom is 2.00 e. The van der Waals surface area contributed by atoms with Gasteiger partial charge < -0.3 is 42.6 Å². The van der Waals surface area contributed by atoms with E-state index in [-0.39, 0.29) is 33.0 Å². The Morgan fingerprint density at radius 2 is 0.870 bits per heavy atom. The second kappa shape index (κ2) is 46.5. The monoisotopic (exact) mass is 894 g/mol. The Morgan fingerprint density at radius 3 is 1.11 bits per heavy atom. The van der Waals surface area contributed by atoms with Crippen LogP contribution in [0.15, 0.2) is 58.8 Å². The Balaban J connectivity index is -0.000000149.